The topological polar surface area (TPSA) is 61.5 Å². The Balaban J connectivity index is 1.57. The summed E-state index contributed by atoms with van der Waals surface area (Å²) in [4.78, 5) is 20.8. The molecule has 1 N–H and O–H groups in total. The maximum atomic E-state index is 11.1. The quantitative estimate of drug-likeness (QED) is 0.234. The summed E-state index contributed by atoms with van der Waals surface area (Å²) in [5, 5.41) is 0.610. The average Bonchev–Trinajstić information content (AvgIpc) is 3.07. The van der Waals surface area contributed by atoms with E-state index in [1.54, 1.807) is 6.07 Å². The van der Waals surface area contributed by atoms with E-state index in [0.717, 1.165) is 42.8 Å². The molecule has 6 nitrogen and oxygen atoms in total. The molecular weight excluding hydrogens is 489 g/mol. The average molecular weight is 508 g/mol. The van der Waals surface area contributed by atoms with Crippen molar-refractivity contribution in [2.75, 3.05) is 31.1 Å². The van der Waals surface area contributed by atoms with Crippen LogP contribution in [0.5, 0.6) is 6.01 Å². The first-order chi connectivity index (χ1) is 13.5. The van der Waals surface area contributed by atoms with Gasteiger partial charge >= 0.3 is 159 Å². The van der Waals surface area contributed by atoms with Gasteiger partial charge in [0.05, 0.1) is 0 Å². The standard InChI is InChI=1S/C19H18BClIN4O2/c1-12(27)28-19-23-17-10-15(16(21)11-18(17)24-19)13-2-4-14(5-3-13)25-6-8-26(22-20)9-7-25/h2-5,10-11H,6-9H2,1H3,(H,23,24)/q-1. The number of esters is 1. The van der Waals surface area contributed by atoms with E-state index in [9.17, 15) is 4.79 Å². The van der Waals surface area contributed by atoms with Crippen LogP contribution in [0.15, 0.2) is 36.4 Å². The fraction of sp³-hybridized carbons (Fsp3) is 0.263. The third-order valence-corrected chi connectivity index (χ3v) is 6.76. The molecule has 0 amide bonds. The van der Waals surface area contributed by atoms with Crippen LogP contribution in [0.25, 0.3) is 22.2 Å². The number of carbonyl (C=O) groups excluding carboxylic acids is 1. The zero-order valence-corrected chi connectivity index (χ0v) is 18.2. The zero-order chi connectivity index (χ0) is 19.7. The number of nitrogens with one attached hydrogen (secondary N) is 1. The van der Waals surface area contributed by atoms with Crippen molar-refractivity contribution in [1.82, 2.24) is 13.1 Å². The van der Waals surface area contributed by atoms with Gasteiger partial charge in [-0.15, -0.1) is 0 Å². The molecule has 0 unspecified atom stereocenters. The number of benzene rings is 2. The molecule has 0 bridgehead atoms. The number of fused-ring (bicyclic) bond motifs is 1. The third kappa shape index (κ3) is 4.13. The molecule has 2 aromatic carbocycles. The van der Waals surface area contributed by atoms with Gasteiger partial charge in [0.1, 0.15) is 0 Å². The van der Waals surface area contributed by atoms with Crippen molar-refractivity contribution in [1.29, 1.82) is 0 Å². The van der Waals surface area contributed by atoms with E-state index in [1.165, 1.54) is 12.6 Å². The number of H-pyrrole nitrogens is 1. The first-order valence-electron chi connectivity index (χ1n) is 8.85. The van der Waals surface area contributed by atoms with Crippen LogP contribution < -0.4 is 30.9 Å². The van der Waals surface area contributed by atoms with Gasteiger partial charge in [0, 0.05) is 6.92 Å². The monoisotopic (exact) mass is 507 g/mol. The van der Waals surface area contributed by atoms with Crippen LogP contribution in [0.3, 0.4) is 0 Å². The summed E-state index contributed by atoms with van der Waals surface area (Å²) in [7, 11) is 0. The van der Waals surface area contributed by atoms with E-state index in [4.69, 9.17) is 22.0 Å². The third-order valence-electron chi connectivity index (χ3n) is 4.70. The van der Waals surface area contributed by atoms with Gasteiger partial charge in [-0.3, -0.25) is 4.79 Å². The van der Waals surface area contributed by atoms with Crippen molar-refractivity contribution < 1.29 is 30.8 Å². The Morgan fingerprint density at radius 3 is 2.57 bits per heavy atom. The van der Waals surface area contributed by atoms with Gasteiger partial charge in [-0.1, -0.05) is 0 Å². The Hall–Kier alpha value is -1.78. The van der Waals surface area contributed by atoms with E-state index in [0.29, 0.717) is 10.5 Å². The summed E-state index contributed by atoms with van der Waals surface area (Å²) in [6, 6.07) is 12.3. The Bertz CT molecular complexity index is 1000. The summed E-state index contributed by atoms with van der Waals surface area (Å²) in [5.74, 6) is -0.421. The molecule has 1 fully saturated rings. The predicted molar refractivity (Wildman–Crippen MR) is 107 cm³/mol. The first-order valence-corrected chi connectivity index (χ1v) is 11.4. The molecule has 3 aromatic rings. The maximum absolute atomic E-state index is 11.1. The molecular formula is C19H18BClIN4O2-. The second kappa shape index (κ2) is 8.30. The van der Waals surface area contributed by atoms with Crippen molar-refractivity contribution in [2.24, 2.45) is 0 Å². The van der Waals surface area contributed by atoms with Gasteiger partial charge in [-0.2, -0.15) is 0 Å². The number of hydrogen-bond acceptors (Lipinski definition) is 5. The Morgan fingerprint density at radius 2 is 1.93 bits per heavy atom. The fourth-order valence-electron chi connectivity index (χ4n) is 3.30. The SMILES string of the molecule is [B][I-]N1CCN(c2ccc(-c3cc4nc(OC(C)=O)[nH]c4cc3Cl)cc2)CC1. The number of anilines is 1. The molecule has 9 heteroatoms. The fourth-order valence-corrected chi connectivity index (χ4v) is 4.56. The molecule has 4 rings (SSSR count). The van der Waals surface area contributed by atoms with Crippen molar-refractivity contribution in [3.05, 3.63) is 41.4 Å². The molecule has 28 heavy (non-hydrogen) atoms. The Labute approximate surface area is 180 Å². The molecule has 2 heterocycles. The summed E-state index contributed by atoms with van der Waals surface area (Å²) in [6.07, 6.45) is 0. The number of aromatic nitrogens is 2. The van der Waals surface area contributed by atoms with E-state index >= 15 is 0 Å². The van der Waals surface area contributed by atoms with Gasteiger partial charge in [-0.05, 0) is 0 Å². The van der Waals surface area contributed by atoms with Crippen LogP contribution in [0.1, 0.15) is 6.92 Å². The Morgan fingerprint density at radius 1 is 1.21 bits per heavy atom. The van der Waals surface area contributed by atoms with Crippen LogP contribution in [-0.2, 0) is 4.79 Å². The molecule has 0 aliphatic carbocycles. The molecule has 1 aromatic heterocycles. The normalized spacial score (nSPS) is 15.3. The Kier molecular flexibility index (Phi) is 5.79. The predicted octanol–water partition coefficient (Wildman–Crippen LogP) is 0.0181. The number of ether oxygens (including phenoxy) is 1. The van der Waals surface area contributed by atoms with Gasteiger partial charge < -0.3 is 9.72 Å². The molecule has 1 aliphatic rings. The summed E-state index contributed by atoms with van der Waals surface area (Å²) in [6.45, 7) is 5.38. The number of carbonyl (C=O) groups is 1. The van der Waals surface area contributed by atoms with Crippen molar-refractivity contribution in [3.63, 3.8) is 0 Å². The zero-order valence-electron chi connectivity index (χ0n) is 15.3. The van der Waals surface area contributed by atoms with Crippen LogP contribution in [0, 0.1) is 0 Å². The van der Waals surface area contributed by atoms with Crippen molar-refractivity contribution in [2.45, 2.75) is 6.92 Å². The number of aromatic amines is 1. The molecule has 0 atom stereocenters. The minimum absolute atomic E-state index is 0.171. The second-order valence-electron chi connectivity index (χ2n) is 6.53. The van der Waals surface area contributed by atoms with E-state index in [1.807, 2.05) is 6.07 Å². The molecule has 1 aliphatic heterocycles. The van der Waals surface area contributed by atoms with Gasteiger partial charge in [-0.25, -0.2) is 0 Å². The molecule has 0 saturated carbocycles. The van der Waals surface area contributed by atoms with Crippen LogP contribution in [-0.4, -0.2) is 50.9 Å². The first kappa shape index (κ1) is 19.5. The number of hydrogen-bond donors (Lipinski definition) is 1. The van der Waals surface area contributed by atoms with Crippen LogP contribution in [0.4, 0.5) is 5.69 Å². The minimum atomic E-state index is -0.421. The van der Waals surface area contributed by atoms with Crippen molar-refractivity contribution in [3.8, 4) is 17.1 Å². The molecule has 144 valence electrons. The summed E-state index contributed by atoms with van der Waals surface area (Å²) >= 11 is 6.19. The van der Waals surface area contributed by atoms with E-state index < -0.39 is 5.97 Å². The number of imidazole rings is 1. The van der Waals surface area contributed by atoms with Crippen LogP contribution >= 0.6 is 11.6 Å². The number of piperazine rings is 1. The molecule has 2 radical (unpaired) electrons. The summed E-state index contributed by atoms with van der Waals surface area (Å²) < 4.78 is 7.37. The van der Waals surface area contributed by atoms with Gasteiger partial charge in [0.2, 0.25) is 0 Å². The number of rotatable bonds is 4. The van der Waals surface area contributed by atoms with Crippen LogP contribution in [0.2, 0.25) is 5.02 Å². The van der Waals surface area contributed by atoms with Gasteiger partial charge in [0.25, 0.3) is 0 Å². The van der Waals surface area contributed by atoms with E-state index in [2.05, 4.69) is 42.2 Å². The van der Waals surface area contributed by atoms with Gasteiger partial charge in [0.15, 0.2) is 0 Å². The molecule has 1 saturated heterocycles. The summed E-state index contributed by atoms with van der Waals surface area (Å²) in [5.41, 5.74) is 10.3. The van der Waals surface area contributed by atoms with Crippen molar-refractivity contribution >= 4 is 40.0 Å². The number of nitrogens with zero attached hydrogens (tertiary/aromatic N) is 3. The second-order valence-corrected chi connectivity index (χ2v) is 8.85. The molecule has 0 spiro atoms. The van der Waals surface area contributed by atoms with E-state index in [-0.39, 0.29) is 27.3 Å². The number of halogens is 2.